The number of hydrogen-bond acceptors (Lipinski definition) is 3. The molecule has 1 aromatic carbocycles. The number of anilines is 1. The van der Waals surface area contributed by atoms with Gasteiger partial charge in [-0.2, -0.15) is 5.10 Å². The molecule has 0 fully saturated rings. The quantitative estimate of drug-likeness (QED) is 0.876. The zero-order chi connectivity index (χ0) is 14.0. The molecule has 102 valence electrons. The van der Waals surface area contributed by atoms with Crippen molar-refractivity contribution in [1.82, 2.24) is 9.78 Å². The summed E-state index contributed by atoms with van der Waals surface area (Å²) in [6.07, 6.45) is 2.43. The van der Waals surface area contributed by atoms with E-state index in [0.29, 0.717) is 23.0 Å². The van der Waals surface area contributed by atoms with Gasteiger partial charge in [0.25, 0.3) is 0 Å². The van der Waals surface area contributed by atoms with Gasteiger partial charge in [-0.25, -0.2) is 9.07 Å². The molecule has 2 N–H and O–H groups in total. The molecule has 0 bridgehead atoms. The summed E-state index contributed by atoms with van der Waals surface area (Å²) in [5, 5.41) is 4.75. The van der Waals surface area contributed by atoms with Crippen molar-refractivity contribution in [2.75, 3.05) is 12.3 Å². The Labute approximate surface area is 115 Å². The van der Waals surface area contributed by atoms with Gasteiger partial charge in [-0.05, 0) is 13.3 Å². The number of halogens is 2. The van der Waals surface area contributed by atoms with Crippen molar-refractivity contribution in [1.29, 1.82) is 0 Å². The van der Waals surface area contributed by atoms with Crippen LogP contribution < -0.4 is 10.5 Å². The Morgan fingerprint density at radius 3 is 2.79 bits per heavy atom. The molecule has 0 amide bonds. The minimum absolute atomic E-state index is 0.162. The Morgan fingerprint density at radius 1 is 1.47 bits per heavy atom. The van der Waals surface area contributed by atoms with E-state index in [1.807, 2.05) is 6.92 Å². The fourth-order valence-electron chi connectivity index (χ4n) is 1.64. The highest BCUT2D eigenvalue weighted by atomic mass is 35.5. The molecular formula is C13H15ClFN3O. The summed E-state index contributed by atoms with van der Waals surface area (Å²) in [7, 11) is 0. The molecule has 0 aliphatic carbocycles. The van der Waals surface area contributed by atoms with E-state index >= 15 is 0 Å². The highest BCUT2D eigenvalue weighted by Gasteiger charge is 2.12. The lowest BCUT2D eigenvalue weighted by molar-refractivity contribution is 0.301. The maximum absolute atomic E-state index is 13.7. The van der Waals surface area contributed by atoms with Crippen LogP contribution >= 0.6 is 11.6 Å². The summed E-state index contributed by atoms with van der Waals surface area (Å²) in [6.45, 7) is 4.18. The van der Waals surface area contributed by atoms with Crippen molar-refractivity contribution in [2.45, 2.75) is 20.3 Å². The highest BCUT2D eigenvalue weighted by Crippen LogP contribution is 2.28. The molecule has 2 rings (SSSR count). The lowest BCUT2D eigenvalue weighted by Gasteiger charge is -2.11. The average molecular weight is 284 g/mol. The van der Waals surface area contributed by atoms with Gasteiger partial charge in [-0.15, -0.1) is 0 Å². The van der Waals surface area contributed by atoms with Crippen molar-refractivity contribution < 1.29 is 9.13 Å². The first-order chi connectivity index (χ1) is 9.02. The SMILES string of the molecule is CCCOc1cc(-n2cc(Cl)c(C)n2)c(N)cc1F. The van der Waals surface area contributed by atoms with E-state index in [0.717, 1.165) is 6.42 Å². The number of nitrogen functional groups attached to an aromatic ring is 1. The van der Waals surface area contributed by atoms with Gasteiger partial charge in [0.15, 0.2) is 11.6 Å². The fraction of sp³-hybridized carbons (Fsp3) is 0.308. The minimum atomic E-state index is -0.482. The van der Waals surface area contributed by atoms with Crippen LogP contribution in [0.5, 0.6) is 5.75 Å². The molecule has 0 aliphatic rings. The number of aryl methyl sites for hydroxylation is 1. The molecule has 2 aromatic rings. The second-order valence-electron chi connectivity index (χ2n) is 4.20. The zero-order valence-electron chi connectivity index (χ0n) is 10.8. The van der Waals surface area contributed by atoms with Gasteiger partial charge in [0, 0.05) is 18.3 Å². The number of rotatable bonds is 4. The maximum Gasteiger partial charge on any atom is 0.167 e. The number of benzene rings is 1. The molecule has 0 unspecified atom stereocenters. The van der Waals surface area contributed by atoms with Gasteiger partial charge in [0.05, 0.1) is 28.7 Å². The van der Waals surface area contributed by atoms with Gasteiger partial charge in [0.2, 0.25) is 0 Å². The van der Waals surface area contributed by atoms with Crippen LogP contribution in [-0.2, 0) is 0 Å². The third-order valence-corrected chi connectivity index (χ3v) is 3.00. The first-order valence-electron chi connectivity index (χ1n) is 5.97. The van der Waals surface area contributed by atoms with E-state index in [-0.39, 0.29) is 11.4 Å². The molecule has 1 heterocycles. The predicted octanol–water partition coefficient (Wildman–Crippen LogP) is 3.34. The Balaban J connectivity index is 2.44. The summed E-state index contributed by atoms with van der Waals surface area (Å²) >= 11 is 5.96. The second-order valence-corrected chi connectivity index (χ2v) is 4.60. The monoisotopic (exact) mass is 283 g/mol. The Hall–Kier alpha value is -1.75. The van der Waals surface area contributed by atoms with Gasteiger partial charge in [0.1, 0.15) is 0 Å². The molecule has 1 aromatic heterocycles. The number of hydrogen-bond donors (Lipinski definition) is 1. The summed E-state index contributed by atoms with van der Waals surface area (Å²) in [5.74, 6) is -0.319. The van der Waals surface area contributed by atoms with E-state index < -0.39 is 5.82 Å². The van der Waals surface area contributed by atoms with Crippen LogP contribution in [0.25, 0.3) is 5.69 Å². The van der Waals surface area contributed by atoms with Gasteiger partial charge >= 0.3 is 0 Å². The Morgan fingerprint density at radius 2 is 2.21 bits per heavy atom. The minimum Gasteiger partial charge on any atom is -0.490 e. The number of aromatic nitrogens is 2. The van der Waals surface area contributed by atoms with E-state index in [1.54, 1.807) is 13.1 Å². The van der Waals surface area contributed by atoms with Gasteiger partial charge < -0.3 is 10.5 Å². The molecule has 4 nitrogen and oxygen atoms in total. The standard InChI is InChI=1S/C13H15ClFN3O/c1-3-4-19-13-6-12(11(16)5-10(13)15)18-7-9(14)8(2)17-18/h5-7H,3-4,16H2,1-2H3. The van der Waals surface area contributed by atoms with Crippen molar-refractivity contribution in [3.05, 3.63) is 34.9 Å². The van der Waals surface area contributed by atoms with Crippen molar-refractivity contribution in [2.24, 2.45) is 0 Å². The smallest absolute Gasteiger partial charge is 0.167 e. The van der Waals surface area contributed by atoms with E-state index in [1.165, 1.54) is 16.8 Å². The lowest BCUT2D eigenvalue weighted by atomic mass is 10.2. The third kappa shape index (κ3) is 2.81. The Bertz CT molecular complexity index is 578. The van der Waals surface area contributed by atoms with E-state index in [4.69, 9.17) is 22.1 Å². The molecule has 0 radical (unpaired) electrons. The molecule has 19 heavy (non-hydrogen) atoms. The van der Waals surface area contributed by atoms with Crippen molar-refractivity contribution in [3.63, 3.8) is 0 Å². The van der Waals surface area contributed by atoms with E-state index in [2.05, 4.69) is 5.10 Å². The fourth-order valence-corrected chi connectivity index (χ4v) is 1.77. The Kier molecular flexibility index (Phi) is 3.95. The predicted molar refractivity (Wildman–Crippen MR) is 73.5 cm³/mol. The molecule has 0 saturated heterocycles. The van der Waals surface area contributed by atoms with Crippen LogP contribution in [0, 0.1) is 12.7 Å². The second kappa shape index (κ2) is 5.48. The molecule has 0 aliphatic heterocycles. The number of nitrogens with zero attached hydrogens (tertiary/aromatic N) is 2. The van der Waals surface area contributed by atoms with Crippen LogP contribution in [0.15, 0.2) is 18.3 Å². The molecule has 0 spiro atoms. The van der Waals surface area contributed by atoms with Gasteiger partial charge in [-0.3, -0.25) is 0 Å². The van der Waals surface area contributed by atoms with Crippen LogP contribution in [0.4, 0.5) is 10.1 Å². The summed E-state index contributed by atoms with van der Waals surface area (Å²) in [6, 6.07) is 2.76. The van der Waals surface area contributed by atoms with Crippen LogP contribution in [0.2, 0.25) is 5.02 Å². The zero-order valence-corrected chi connectivity index (χ0v) is 11.5. The molecule has 6 heteroatoms. The summed E-state index contributed by atoms with van der Waals surface area (Å²) < 4.78 is 20.5. The number of ether oxygens (including phenoxy) is 1. The number of nitrogens with two attached hydrogens (primary N) is 1. The molecular weight excluding hydrogens is 269 g/mol. The van der Waals surface area contributed by atoms with Crippen LogP contribution in [-0.4, -0.2) is 16.4 Å². The van der Waals surface area contributed by atoms with Crippen molar-refractivity contribution >= 4 is 17.3 Å². The topological polar surface area (TPSA) is 53.1 Å². The van der Waals surface area contributed by atoms with Crippen LogP contribution in [0.3, 0.4) is 0 Å². The summed E-state index contributed by atoms with van der Waals surface area (Å²) in [5.41, 5.74) is 7.31. The van der Waals surface area contributed by atoms with E-state index in [9.17, 15) is 4.39 Å². The molecule has 0 saturated carbocycles. The molecule has 0 atom stereocenters. The average Bonchev–Trinajstić information content (AvgIpc) is 2.68. The first-order valence-corrected chi connectivity index (χ1v) is 6.34. The van der Waals surface area contributed by atoms with Crippen molar-refractivity contribution in [3.8, 4) is 11.4 Å². The summed E-state index contributed by atoms with van der Waals surface area (Å²) in [4.78, 5) is 0. The largest absolute Gasteiger partial charge is 0.490 e. The first kappa shape index (κ1) is 13.7. The maximum atomic E-state index is 13.7. The van der Waals surface area contributed by atoms with Crippen LogP contribution in [0.1, 0.15) is 19.0 Å². The third-order valence-electron chi connectivity index (χ3n) is 2.63. The lowest BCUT2D eigenvalue weighted by Crippen LogP contribution is -2.04. The highest BCUT2D eigenvalue weighted by molar-refractivity contribution is 6.31. The van der Waals surface area contributed by atoms with Gasteiger partial charge in [-0.1, -0.05) is 18.5 Å². The normalized spacial score (nSPS) is 10.7.